The molecule has 0 aliphatic carbocycles. The van der Waals surface area contributed by atoms with Gasteiger partial charge in [0.2, 0.25) is 11.8 Å². The minimum atomic E-state index is -0.867. The third-order valence-corrected chi connectivity index (χ3v) is 3.95. The van der Waals surface area contributed by atoms with Gasteiger partial charge in [0.25, 0.3) is 0 Å². The van der Waals surface area contributed by atoms with Crippen LogP contribution in [0.1, 0.15) is 32.8 Å². The molecule has 1 saturated heterocycles. The van der Waals surface area contributed by atoms with Crippen molar-refractivity contribution >= 4 is 11.8 Å². The minimum Gasteiger partial charge on any atom is -0.389 e. The fourth-order valence-electron chi connectivity index (χ4n) is 2.67. The Hall–Kier alpha value is -1.72. The fourth-order valence-corrected chi connectivity index (χ4v) is 2.67. The Labute approximate surface area is 130 Å². The molecule has 120 valence electrons. The Morgan fingerprint density at radius 2 is 1.91 bits per heavy atom. The topological polar surface area (TPSA) is 66.8 Å². The summed E-state index contributed by atoms with van der Waals surface area (Å²) in [4.78, 5) is 26.0. The second-order valence-corrected chi connectivity index (χ2v) is 6.22. The van der Waals surface area contributed by atoms with E-state index in [2.05, 4.69) is 0 Å². The first-order chi connectivity index (χ1) is 10.3. The average Bonchev–Trinajstić information content (AvgIpc) is 2.70. The average molecular weight is 305 g/mol. The van der Waals surface area contributed by atoms with Crippen LogP contribution < -0.4 is 0 Å². The quantitative estimate of drug-likeness (QED) is 0.809. The summed E-state index contributed by atoms with van der Waals surface area (Å²) in [5.41, 5.74) is -0.0273. The zero-order chi connectivity index (χ0) is 16.3. The molecule has 2 rings (SSSR count). The van der Waals surface area contributed by atoms with Crippen LogP contribution in [0.15, 0.2) is 30.3 Å². The van der Waals surface area contributed by atoms with Crippen LogP contribution in [-0.2, 0) is 19.7 Å². The van der Waals surface area contributed by atoms with E-state index >= 15 is 0 Å². The van der Waals surface area contributed by atoms with Crippen LogP contribution in [0.25, 0.3) is 0 Å². The lowest BCUT2D eigenvalue weighted by atomic mass is 9.81. The number of rotatable bonds is 6. The Bertz CT molecular complexity index is 543. The van der Waals surface area contributed by atoms with Crippen molar-refractivity contribution in [2.24, 2.45) is 0 Å². The molecule has 1 heterocycles. The van der Waals surface area contributed by atoms with Gasteiger partial charge in [0.15, 0.2) is 0 Å². The van der Waals surface area contributed by atoms with E-state index in [1.54, 1.807) is 6.92 Å². The molecule has 1 aromatic carbocycles. The van der Waals surface area contributed by atoms with Crippen LogP contribution in [0.4, 0.5) is 0 Å². The maximum atomic E-state index is 12.7. The highest BCUT2D eigenvalue weighted by molar-refractivity contribution is 6.08. The molecule has 2 atom stereocenters. The zero-order valence-corrected chi connectivity index (χ0v) is 13.3. The number of likely N-dealkylation sites (tertiary alicyclic amines) is 1. The smallest absolute Gasteiger partial charge is 0.240 e. The minimum absolute atomic E-state index is 0.00536. The number of imide groups is 1. The number of hydrogen-bond donors (Lipinski definition) is 1. The highest BCUT2D eigenvalue weighted by atomic mass is 16.5. The van der Waals surface area contributed by atoms with Crippen LogP contribution in [0.2, 0.25) is 0 Å². The maximum absolute atomic E-state index is 12.7. The highest BCUT2D eigenvalue weighted by Crippen LogP contribution is 2.36. The molecular formula is C17H23NO4. The molecule has 0 spiro atoms. The van der Waals surface area contributed by atoms with E-state index in [4.69, 9.17) is 4.74 Å². The van der Waals surface area contributed by atoms with Crippen LogP contribution in [0, 0.1) is 0 Å². The third kappa shape index (κ3) is 3.36. The molecule has 1 aromatic rings. The Morgan fingerprint density at radius 1 is 1.27 bits per heavy atom. The second kappa shape index (κ2) is 6.58. The Kier molecular flexibility index (Phi) is 4.98. The summed E-state index contributed by atoms with van der Waals surface area (Å²) in [6.07, 6.45) is -0.740. The van der Waals surface area contributed by atoms with Crippen LogP contribution in [0.3, 0.4) is 0 Å². The zero-order valence-electron chi connectivity index (χ0n) is 13.3. The number of benzene rings is 1. The van der Waals surface area contributed by atoms with E-state index in [9.17, 15) is 14.7 Å². The Balaban J connectivity index is 2.09. The van der Waals surface area contributed by atoms with Gasteiger partial charge in [0, 0.05) is 6.42 Å². The summed E-state index contributed by atoms with van der Waals surface area (Å²) in [5, 5.41) is 9.96. The summed E-state index contributed by atoms with van der Waals surface area (Å²) < 4.78 is 5.32. The number of β-amino-alcohol motifs (C(OH)–C–C–N with tert-alkyl or cyclic N) is 1. The molecule has 1 N–H and O–H groups in total. The molecule has 2 unspecified atom stereocenters. The van der Waals surface area contributed by atoms with Crippen molar-refractivity contribution in [1.29, 1.82) is 0 Å². The van der Waals surface area contributed by atoms with Crippen molar-refractivity contribution in [1.82, 2.24) is 4.90 Å². The fraction of sp³-hybridized carbons (Fsp3) is 0.529. The molecule has 5 nitrogen and oxygen atoms in total. The molecule has 0 bridgehead atoms. The number of aliphatic hydroxyl groups is 1. The van der Waals surface area contributed by atoms with E-state index in [0.717, 1.165) is 10.5 Å². The number of aliphatic hydroxyl groups excluding tert-OH is 1. The van der Waals surface area contributed by atoms with E-state index in [0.29, 0.717) is 0 Å². The van der Waals surface area contributed by atoms with Gasteiger partial charge in [-0.3, -0.25) is 14.5 Å². The molecule has 1 aliphatic heterocycles. The molecular weight excluding hydrogens is 282 g/mol. The summed E-state index contributed by atoms with van der Waals surface area (Å²) in [6, 6.07) is 9.29. The predicted octanol–water partition coefficient (Wildman–Crippen LogP) is 1.49. The van der Waals surface area contributed by atoms with Gasteiger partial charge in [-0.15, -0.1) is 0 Å². The lowest BCUT2D eigenvalue weighted by molar-refractivity contribution is -0.142. The normalized spacial score (nSPS) is 23.4. The van der Waals surface area contributed by atoms with Crippen molar-refractivity contribution in [2.75, 3.05) is 13.2 Å². The number of ether oxygens (including phenoxy) is 1. The van der Waals surface area contributed by atoms with Crippen molar-refractivity contribution in [2.45, 2.75) is 44.8 Å². The van der Waals surface area contributed by atoms with Gasteiger partial charge in [0.05, 0.1) is 30.8 Å². The van der Waals surface area contributed by atoms with Gasteiger partial charge in [-0.2, -0.15) is 0 Å². The van der Waals surface area contributed by atoms with Crippen molar-refractivity contribution in [3.63, 3.8) is 0 Å². The molecule has 1 aliphatic rings. The number of amides is 2. The number of nitrogens with zero attached hydrogens (tertiary/aromatic N) is 1. The molecule has 0 radical (unpaired) electrons. The largest absolute Gasteiger partial charge is 0.389 e. The lowest BCUT2D eigenvalue weighted by Crippen LogP contribution is -2.42. The standard InChI is InChI=1S/C17H23NO4/c1-12(2)22-11-14(19)10-18-15(20)9-17(3,16(18)21)13-7-5-4-6-8-13/h4-8,12,14,19H,9-11H2,1-3H3. The second-order valence-electron chi connectivity index (χ2n) is 6.22. The molecule has 1 fully saturated rings. The van der Waals surface area contributed by atoms with Gasteiger partial charge in [-0.1, -0.05) is 30.3 Å². The van der Waals surface area contributed by atoms with Gasteiger partial charge >= 0.3 is 0 Å². The maximum Gasteiger partial charge on any atom is 0.240 e. The van der Waals surface area contributed by atoms with Crippen LogP contribution >= 0.6 is 0 Å². The van der Waals surface area contributed by atoms with Gasteiger partial charge in [-0.25, -0.2) is 0 Å². The molecule has 2 amide bonds. The SMILES string of the molecule is CC(C)OCC(O)CN1C(=O)CC(C)(c2ccccc2)C1=O. The van der Waals surface area contributed by atoms with Crippen LogP contribution in [-0.4, -0.2) is 47.2 Å². The van der Waals surface area contributed by atoms with Gasteiger partial charge < -0.3 is 9.84 Å². The van der Waals surface area contributed by atoms with Crippen LogP contribution in [0.5, 0.6) is 0 Å². The van der Waals surface area contributed by atoms with Gasteiger partial charge in [-0.05, 0) is 26.3 Å². The summed E-state index contributed by atoms with van der Waals surface area (Å²) in [6.45, 7) is 5.60. The van der Waals surface area contributed by atoms with E-state index < -0.39 is 11.5 Å². The van der Waals surface area contributed by atoms with E-state index in [-0.39, 0.29) is 37.5 Å². The first-order valence-electron chi connectivity index (χ1n) is 7.54. The highest BCUT2D eigenvalue weighted by Gasteiger charge is 2.49. The first-order valence-corrected chi connectivity index (χ1v) is 7.54. The van der Waals surface area contributed by atoms with E-state index in [1.807, 2.05) is 44.2 Å². The molecule has 5 heteroatoms. The number of carbonyl (C=O) groups is 2. The van der Waals surface area contributed by atoms with Gasteiger partial charge in [0.1, 0.15) is 0 Å². The summed E-state index contributed by atoms with van der Waals surface area (Å²) in [7, 11) is 0. The molecule has 22 heavy (non-hydrogen) atoms. The lowest BCUT2D eigenvalue weighted by Gasteiger charge is -2.24. The molecule has 0 aromatic heterocycles. The van der Waals surface area contributed by atoms with E-state index in [1.165, 1.54) is 0 Å². The van der Waals surface area contributed by atoms with Crippen molar-refractivity contribution < 1.29 is 19.4 Å². The number of hydrogen-bond acceptors (Lipinski definition) is 4. The summed E-state index contributed by atoms with van der Waals surface area (Å²) >= 11 is 0. The third-order valence-electron chi connectivity index (χ3n) is 3.95. The molecule has 0 saturated carbocycles. The summed E-state index contributed by atoms with van der Waals surface area (Å²) in [5.74, 6) is -0.507. The Morgan fingerprint density at radius 3 is 2.50 bits per heavy atom. The van der Waals surface area contributed by atoms with Crippen molar-refractivity contribution in [3.05, 3.63) is 35.9 Å². The van der Waals surface area contributed by atoms with Crippen molar-refractivity contribution in [3.8, 4) is 0 Å². The predicted molar refractivity (Wildman–Crippen MR) is 82.2 cm³/mol. The number of carbonyl (C=O) groups excluding carboxylic acids is 2. The monoisotopic (exact) mass is 305 g/mol. The first kappa shape index (κ1) is 16.6.